The van der Waals surface area contributed by atoms with Gasteiger partial charge in [-0.25, -0.2) is 0 Å². The Bertz CT molecular complexity index is 408. The van der Waals surface area contributed by atoms with Crippen molar-refractivity contribution in [3.05, 3.63) is 18.0 Å². The molecule has 4 heteroatoms. The molecular formula is C16H29N3O. The zero-order valence-corrected chi connectivity index (χ0v) is 13.4. The van der Waals surface area contributed by atoms with Crippen LogP contribution in [0.25, 0.3) is 0 Å². The smallest absolute Gasteiger partial charge is 0.0778 e. The van der Waals surface area contributed by atoms with Gasteiger partial charge in [0.15, 0.2) is 0 Å². The van der Waals surface area contributed by atoms with Gasteiger partial charge in [0.2, 0.25) is 0 Å². The number of methoxy groups -OCH3 is 1. The summed E-state index contributed by atoms with van der Waals surface area (Å²) in [5.41, 5.74) is 0.973. The van der Waals surface area contributed by atoms with Crippen LogP contribution in [0.3, 0.4) is 0 Å². The molecule has 1 aliphatic rings. The van der Waals surface area contributed by atoms with Gasteiger partial charge in [-0.1, -0.05) is 19.8 Å². The van der Waals surface area contributed by atoms with Crippen LogP contribution in [0.1, 0.15) is 58.2 Å². The van der Waals surface area contributed by atoms with Crippen molar-refractivity contribution in [1.29, 1.82) is 0 Å². The van der Waals surface area contributed by atoms with Crippen molar-refractivity contribution in [3.63, 3.8) is 0 Å². The van der Waals surface area contributed by atoms with Gasteiger partial charge in [-0.15, -0.1) is 0 Å². The summed E-state index contributed by atoms with van der Waals surface area (Å²) in [5, 5.41) is 8.31. The Labute approximate surface area is 122 Å². The fourth-order valence-corrected chi connectivity index (χ4v) is 3.02. The van der Waals surface area contributed by atoms with Crippen molar-refractivity contribution in [2.45, 2.75) is 70.6 Å². The third-order valence-electron chi connectivity index (χ3n) is 4.59. The van der Waals surface area contributed by atoms with Gasteiger partial charge in [-0.05, 0) is 39.3 Å². The molecule has 1 unspecified atom stereocenters. The number of nitrogens with zero attached hydrogens (tertiary/aromatic N) is 2. The lowest BCUT2D eigenvalue weighted by atomic mass is 9.94. The van der Waals surface area contributed by atoms with Crippen molar-refractivity contribution in [2.75, 3.05) is 13.7 Å². The summed E-state index contributed by atoms with van der Waals surface area (Å²) < 4.78 is 7.81. The van der Waals surface area contributed by atoms with Gasteiger partial charge in [-0.2, -0.15) is 5.10 Å². The van der Waals surface area contributed by atoms with Crippen LogP contribution in [0.4, 0.5) is 0 Å². The van der Waals surface area contributed by atoms with Crippen LogP contribution < -0.4 is 5.32 Å². The quantitative estimate of drug-likeness (QED) is 0.834. The van der Waals surface area contributed by atoms with Crippen molar-refractivity contribution in [3.8, 4) is 0 Å². The molecule has 1 aromatic heterocycles. The molecule has 20 heavy (non-hydrogen) atoms. The highest BCUT2D eigenvalue weighted by Gasteiger charge is 2.29. The van der Waals surface area contributed by atoms with E-state index in [1.807, 2.05) is 0 Å². The van der Waals surface area contributed by atoms with E-state index in [-0.39, 0.29) is 11.6 Å². The molecule has 1 aliphatic carbocycles. The molecule has 0 bridgehead atoms. The van der Waals surface area contributed by atoms with Gasteiger partial charge in [0.25, 0.3) is 0 Å². The number of ether oxygens (including phenoxy) is 1. The third kappa shape index (κ3) is 3.61. The Balaban J connectivity index is 2.03. The standard InChI is InChI=1S/C16H29N3O/c1-5-17-15(16(2,3)20-4)12-13-10-11-19(18-13)14-8-6-7-9-14/h10-11,14-15,17H,5-9,12H2,1-4H3. The molecule has 0 radical (unpaired) electrons. The topological polar surface area (TPSA) is 39.1 Å². The number of aromatic nitrogens is 2. The summed E-state index contributed by atoms with van der Waals surface area (Å²) in [6, 6.07) is 3.06. The van der Waals surface area contributed by atoms with Crippen LogP contribution in [0.2, 0.25) is 0 Å². The number of nitrogens with one attached hydrogen (secondary N) is 1. The highest BCUT2D eigenvalue weighted by atomic mass is 16.5. The van der Waals surface area contributed by atoms with Crippen LogP contribution in [0.5, 0.6) is 0 Å². The predicted molar refractivity (Wildman–Crippen MR) is 82.0 cm³/mol. The lowest BCUT2D eigenvalue weighted by Gasteiger charge is -2.33. The monoisotopic (exact) mass is 279 g/mol. The van der Waals surface area contributed by atoms with Gasteiger partial charge in [0.05, 0.1) is 17.3 Å². The summed E-state index contributed by atoms with van der Waals surface area (Å²) in [5.74, 6) is 0. The van der Waals surface area contributed by atoms with E-state index >= 15 is 0 Å². The lowest BCUT2D eigenvalue weighted by molar-refractivity contribution is -0.00988. The summed E-state index contributed by atoms with van der Waals surface area (Å²) in [6.07, 6.45) is 8.30. The van der Waals surface area contributed by atoms with Crippen LogP contribution in [-0.2, 0) is 11.2 Å². The number of likely N-dealkylation sites (N-methyl/N-ethyl adjacent to an activating group) is 1. The molecule has 1 N–H and O–H groups in total. The van der Waals surface area contributed by atoms with Crippen LogP contribution >= 0.6 is 0 Å². The van der Waals surface area contributed by atoms with E-state index in [0.717, 1.165) is 18.7 Å². The molecule has 1 heterocycles. The van der Waals surface area contributed by atoms with Gasteiger partial charge in [0.1, 0.15) is 0 Å². The average Bonchev–Trinajstić information content (AvgIpc) is 3.08. The number of hydrogen-bond acceptors (Lipinski definition) is 3. The zero-order chi connectivity index (χ0) is 14.6. The molecule has 0 amide bonds. The molecule has 1 atom stereocenters. The van der Waals surface area contributed by atoms with Crippen molar-refractivity contribution < 1.29 is 4.74 Å². The molecule has 2 rings (SSSR count). The minimum absolute atomic E-state index is 0.187. The molecule has 1 aromatic rings. The zero-order valence-electron chi connectivity index (χ0n) is 13.4. The van der Waals surface area contributed by atoms with Crippen molar-refractivity contribution >= 4 is 0 Å². The van der Waals surface area contributed by atoms with Gasteiger partial charge < -0.3 is 10.1 Å². The van der Waals surface area contributed by atoms with Crippen LogP contribution in [-0.4, -0.2) is 35.1 Å². The van der Waals surface area contributed by atoms with E-state index in [1.165, 1.54) is 25.7 Å². The minimum Gasteiger partial charge on any atom is -0.377 e. The van der Waals surface area contributed by atoms with Gasteiger partial charge >= 0.3 is 0 Å². The normalized spacial score (nSPS) is 18.6. The van der Waals surface area contributed by atoms with E-state index in [4.69, 9.17) is 9.84 Å². The Hall–Kier alpha value is -0.870. The van der Waals surface area contributed by atoms with Crippen LogP contribution in [0.15, 0.2) is 12.3 Å². The maximum atomic E-state index is 5.63. The Morgan fingerprint density at radius 1 is 1.45 bits per heavy atom. The maximum Gasteiger partial charge on any atom is 0.0778 e. The van der Waals surface area contributed by atoms with Gasteiger partial charge in [0, 0.05) is 25.8 Å². The highest BCUT2D eigenvalue weighted by molar-refractivity contribution is 5.05. The van der Waals surface area contributed by atoms with Crippen LogP contribution in [0, 0.1) is 0 Å². The van der Waals surface area contributed by atoms with E-state index < -0.39 is 0 Å². The first-order valence-corrected chi connectivity index (χ1v) is 7.89. The van der Waals surface area contributed by atoms with Crippen molar-refractivity contribution in [1.82, 2.24) is 15.1 Å². The maximum absolute atomic E-state index is 5.63. The summed E-state index contributed by atoms with van der Waals surface area (Å²) >= 11 is 0. The largest absolute Gasteiger partial charge is 0.377 e. The summed E-state index contributed by atoms with van der Waals surface area (Å²) in [7, 11) is 1.78. The highest BCUT2D eigenvalue weighted by Crippen LogP contribution is 2.29. The molecule has 1 saturated carbocycles. The van der Waals surface area contributed by atoms with E-state index in [2.05, 4.69) is 43.0 Å². The third-order valence-corrected chi connectivity index (χ3v) is 4.59. The molecule has 0 spiro atoms. The first-order valence-electron chi connectivity index (χ1n) is 7.89. The Morgan fingerprint density at radius 3 is 2.75 bits per heavy atom. The number of rotatable bonds is 7. The molecule has 0 saturated heterocycles. The van der Waals surface area contributed by atoms with Gasteiger partial charge in [-0.3, -0.25) is 4.68 Å². The molecular weight excluding hydrogens is 250 g/mol. The molecule has 114 valence electrons. The first-order chi connectivity index (χ1) is 9.56. The van der Waals surface area contributed by atoms with Crippen molar-refractivity contribution in [2.24, 2.45) is 0 Å². The summed E-state index contributed by atoms with van der Waals surface area (Å²) in [6.45, 7) is 7.35. The first kappa shape index (κ1) is 15.5. The fraction of sp³-hybridized carbons (Fsp3) is 0.812. The Kier molecular flexibility index (Phi) is 5.22. The molecule has 0 aromatic carbocycles. The Morgan fingerprint density at radius 2 is 2.15 bits per heavy atom. The van der Waals surface area contributed by atoms with E-state index in [9.17, 15) is 0 Å². The SMILES string of the molecule is CCNC(Cc1ccn(C2CCCC2)n1)C(C)(C)OC. The second-order valence-electron chi connectivity index (χ2n) is 6.35. The molecule has 0 aliphatic heterocycles. The molecule has 1 fully saturated rings. The van der Waals surface area contributed by atoms with E-state index in [0.29, 0.717) is 6.04 Å². The fourth-order valence-electron chi connectivity index (χ4n) is 3.02. The second-order valence-corrected chi connectivity index (χ2v) is 6.35. The summed E-state index contributed by atoms with van der Waals surface area (Å²) in [4.78, 5) is 0. The average molecular weight is 279 g/mol. The number of hydrogen-bond donors (Lipinski definition) is 1. The predicted octanol–water partition coefficient (Wildman–Crippen LogP) is 2.94. The van der Waals surface area contributed by atoms with E-state index in [1.54, 1.807) is 7.11 Å². The lowest BCUT2D eigenvalue weighted by Crippen LogP contribution is -2.49. The minimum atomic E-state index is -0.187. The second kappa shape index (κ2) is 6.72. The molecule has 4 nitrogen and oxygen atoms in total.